The van der Waals surface area contributed by atoms with E-state index in [9.17, 15) is 22.8 Å². The molecule has 0 rings (SSSR count). The van der Waals surface area contributed by atoms with Gasteiger partial charge in [-0.1, -0.05) is 0 Å². The second-order valence-corrected chi connectivity index (χ2v) is 2.67. The van der Waals surface area contributed by atoms with Gasteiger partial charge in [-0.25, -0.2) is 5.84 Å². The van der Waals surface area contributed by atoms with Crippen molar-refractivity contribution in [2.24, 2.45) is 5.84 Å². The average molecular weight is 213 g/mol. The van der Waals surface area contributed by atoms with Gasteiger partial charge in [-0.05, 0) is 6.92 Å². The summed E-state index contributed by atoms with van der Waals surface area (Å²) in [6.45, 7) is 1.13. The van der Waals surface area contributed by atoms with Crippen LogP contribution in [0.3, 0.4) is 0 Å². The third kappa shape index (κ3) is 5.36. The second-order valence-electron chi connectivity index (χ2n) is 2.67. The summed E-state index contributed by atoms with van der Waals surface area (Å²) in [5, 5.41) is 1.84. The number of hydrazine groups is 1. The first-order valence-electron chi connectivity index (χ1n) is 3.64. The van der Waals surface area contributed by atoms with Crippen molar-refractivity contribution < 1.29 is 22.8 Å². The van der Waals surface area contributed by atoms with Crippen molar-refractivity contribution in [2.45, 2.75) is 25.6 Å². The Morgan fingerprint density at radius 2 is 1.86 bits per heavy atom. The summed E-state index contributed by atoms with van der Waals surface area (Å²) < 4.78 is 35.3. The fourth-order valence-corrected chi connectivity index (χ4v) is 0.753. The quantitative estimate of drug-likeness (QED) is 0.248. The van der Waals surface area contributed by atoms with Crippen LogP contribution >= 0.6 is 0 Å². The lowest BCUT2D eigenvalue weighted by Gasteiger charge is -2.14. The molecule has 0 aromatic heterocycles. The van der Waals surface area contributed by atoms with E-state index < -0.39 is 30.5 Å². The molecule has 14 heavy (non-hydrogen) atoms. The lowest BCUT2D eigenvalue weighted by atomic mass is 10.2. The minimum atomic E-state index is -4.38. The molecule has 0 aromatic rings. The number of nitrogens with two attached hydrogens (primary N) is 1. The zero-order chi connectivity index (χ0) is 11.4. The summed E-state index contributed by atoms with van der Waals surface area (Å²) in [5.41, 5.74) is 1.50. The maximum atomic E-state index is 11.8. The van der Waals surface area contributed by atoms with Crippen molar-refractivity contribution in [1.82, 2.24) is 10.7 Å². The van der Waals surface area contributed by atoms with E-state index in [-0.39, 0.29) is 0 Å². The molecule has 5 nitrogen and oxygen atoms in total. The van der Waals surface area contributed by atoms with Crippen LogP contribution in [-0.2, 0) is 9.59 Å². The normalized spacial score (nSPS) is 13.2. The molecule has 0 spiro atoms. The molecule has 0 bridgehead atoms. The molecular formula is C6H10F3N3O2. The van der Waals surface area contributed by atoms with Gasteiger partial charge >= 0.3 is 18.0 Å². The number of alkyl halides is 3. The standard InChI is InChI=1S/C6H10F3N3O2/c1-3(2-6(7,8)9)11-4(13)5(14)12-10/h3H,2,10H2,1H3,(H,11,13)(H,12,14). The summed E-state index contributed by atoms with van der Waals surface area (Å²) in [7, 11) is 0. The number of hydrogen-bond donors (Lipinski definition) is 3. The summed E-state index contributed by atoms with van der Waals surface area (Å²) in [6, 6.07) is -1.17. The van der Waals surface area contributed by atoms with E-state index in [0.717, 1.165) is 6.92 Å². The van der Waals surface area contributed by atoms with Crippen molar-refractivity contribution in [3.8, 4) is 0 Å². The van der Waals surface area contributed by atoms with E-state index in [0.29, 0.717) is 0 Å². The lowest BCUT2D eigenvalue weighted by molar-refractivity contribution is -0.146. The Morgan fingerprint density at radius 3 is 2.21 bits per heavy atom. The fourth-order valence-electron chi connectivity index (χ4n) is 0.753. The Balaban J connectivity index is 4.01. The first-order chi connectivity index (χ1) is 6.26. The number of amides is 2. The molecular weight excluding hydrogens is 203 g/mol. The highest BCUT2D eigenvalue weighted by Crippen LogP contribution is 2.21. The van der Waals surface area contributed by atoms with Gasteiger partial charge in [-0.15, -0.1) is 0 Å². The van der Waals surface area contributed by atoms with Crippen molar-refractivity contribution >= 4 is 11.8 Å². The van der Waals surface area contributed by atoms with Crippen molar-refractivity contribution in [3.05, 3.63) is 0 Å². The SMILES string of the molecule is CC(CC(F)(F)F)NC(=O)C(=O)NN. The number of nitrogens with one attached hydrogen (secondary N) is 2. The van der Waals surface area contributed by atoms with Crippen molar-refractivity contribution in [1.29, 1.82) is 0 Å². The van der Waals surface area contributed by atoms with Crippen molar-refractivity contribution in [3.63, 3.8) is 0 Å². The highest BCUT2D eigenvalue weighted by atomic mass is 19.4. The monoisotopic (exact) mass is 213 g/mol. The molecule has 0 aliphatic carbocycles. The van der Waals surface area contributed by atoms with Crippen LogP contribution in [-0.4, -0.2) is 24.0 Å². The topological polar surface area (TPSA) is 84.2 Å². The van der Waals surface area contributed by atoms with E-state index in [2.05, 4.69) is 5.84 Å². The molecule has 4 N–H and O–H groups in total. The molecule has 0 aliphatic heterocycles. The fraction of sp³-hybridized carbons (Fsp3) is 0.667. The molecule has 82 valence electrons. The van der Waals surface area contributed by atoms with Crippen LogP contribution in [0.2, 0.25) is 0 Å². The van der Waals surface area contributed by atoms with Gasteiger partial charge < -0.3 is 5.32 Å². The van der Waals surface area contributed by atoms with Crippen LogP contribution in [0, 0.1) is 0 Å². The van der Waals surface area contributed by atoms with E-state index >= 15 is 0 Å². The highest BCUT2D eigenvalue weighted by Gasteiger charge is 2.31. The lowest BCUT2D eigenvalue weighted by Crippen LogP contribution is -2.46. The van der Waals surface area contributed by atoms with Gasteiger partial charge in [0.15, 0.2) is 0 Å². The first-order valence-corrected chi connectivity index (χ1v) is 3.64. The van der Waals surface area contributed by atoms with Gasteiger partial charge in [0.2, 0.25) is 0 Å². The van der Waals surface area contributed by atoms with Crippen LogP contribution in [0.5, 0.6) is 0 Å². The van der Waals surface area contributed by atoms with Gasteiger partial charge in [-0.2, -0.15) is 13.2 Å². The van der Waals surface area contributed by atoms with Crippen molar-refractivity contribution in [2.75, 3.05) is 0 Å². The Morgan fingerprint density at radius 1 is 1.36 bits per heavy atom. The molecule has 0 fully saturated rings. The number of carbonyl (C=O) groups is 2. The summed E-state index contributed by atoms with van der Waals surface area (Å²) in [4.78, 5) is 21.2. The van der Waals surface area contributed by atoms with Crippen LogP contribution in [0.1, 0.15) is 13.3 Å². The molecule has 0 saturated heterocycles. The molecule has 0 aliphatic rings. The summed E-state index contributed by atoms with van der Waals surface area (Å²) in [6.07, 6.45) is -5.58. The van der Waals surface area contributed by atoms with Gasteiger partial charge in [0.1, 0.15) is 0 Å². The second kappa shape index (κ2) is 4.80. The maximum absolute atomic E-state index is 11.8. The third-order valence-electron chi connectivity index (χ3n) is 1.25. The molecule has 0 saturated carbocycles. The highest BCUT2D eigenvalue weighted by molar-refractivity contribution is 6.34. The van der Waals surface area contributed by atoms with Crippen LogP contribution < -0.4 is 16.6 Å². The van der Waals surface area contributed by atoms with Crippen LogP contribution in [0.15, 0.2) is 0 Å². The van der Waals surface area contributed by atoms with E-state index in [1.807, 2.05) is 5.32 Å². The van der Waals surface area contributed by atoms with Gasteiger partial charge in [-0.3, -0.25) is 15.0 Å². The molecule has 0 aromatic carbocycles. The first kappa shape index (κ1) is 12.7. The van der Waals surface area contributed by atoms with Gasteiger partial charge in [0.05, 0.1) is 6.42 Å². The smallest absolute Gasteiger partial charge is 0.345 e. The molecule has 2 amide bonds. The number of carbonyl (C=O) groups excluding carboxylic acids is 2. The Hall–Kier alpha value is -1.31. The van der Waals surface area contributed by atoms with Crippen LogP contribution in [0.4, 0.5) is 13.2 Å². The summed E-state index contributed by atoms with van der Waals surface area (Å²) >= 11 is 0. The zero-order valence-corrected chi connectivity index (χ0v) is 7.31. The number of rotatable bonds is 2. The molecule has 0 radical (unpaired) electrons. The van der Waals surface area contributed by atoms with E-state index in [4.69, 9.17) is 0 Å². The molecule has 1 unspecified atom stereocenters. The molecule has 1 atom stereocenters. The Kier molecular flexibility index (Phi) is 4.35. The maximum Gasteiger partial charge on any atom is 0.391 e. The molecule has 0 heterocycles. The van der Waals surface area contributed by atoms with E-state index in [1.54, 1.807) is 0 Å². The minimum absolute atomic E-state index is 1.13. The Labute approximate surface area is 77.8 Å². The van der Waals surface area contributed by atoms with Gasteiger partial charge in [0.25, 0.3) is 0 Å². The predicted octanol–water partition coefficient (Wildman–Crippen LogP) is -0.567. The van der Waals surface area contributed by atoms with E-state index in [1.165, 1.54) is 5.43 Å². The Bertz CT molecular complexity index is 229. The molecule has 8 heteroatoms. The zero-order valence-electron chi connectivity index (χ0n) is 7.31. The predicted molar refractivity (Wildman–Crippen MR) is 40.6 cm³/mol. The minimum Gasteiger partial charge on any atom is -0.345 e. The number of halogens is 3. The van der Waals surface area contributed by atoms with Gasteiger partial charge in [0, 0.05) is 6.04 Å². The number of hydrogen-bond acceptors (Lipinski definition) is 3. The average Bonchev–Trinajstić information content (AvgIpc) is 1.99. The van der Waals surface area contributed by atoms with Crippen LogP contribution in [0.25, 0.3) is 0 Å². The largest absolute Gasteiger partial charge is 0.391 e. The summed E-state index contributed by atoms with van der Waals surface area (Å²) in [5.74, 6) is 2.22. The third-order valence-corrected chi connectivity index (χ3v) is 1.25.